The van der Waals surface area contributed by atoms with Crippen molar-refractivity contribution in [1.82, 2.24) is 0 Å². The van der Waals surface area contributed by atoms with Gasteiger partial charge in [0.05, 0.1) is 35.4 Å². The molecular weight excluding hydrogens is 533 g/mol. The third-order valence-corrected chi connectivity index (χ3v) is 11.5. The van der Waals surface area contributed by atoms with E-state index >= 15 is 0 Å². The zero-order valence-corrected chi connectivity index (χ0v) is 24.6. The van der Waals surface area contributed by atoms with E-state index in [1.165, 1.54) is 14.2 Å². The van der Waals surface area contributed by atoms with Crippen LogP contribution in [-0.2, 0) is 28.4 Å². The van der Waals surface area contributed by atoms with Gasteiger partial charge in [-0.25, -0.2) is 0 Å². The van der Waals surface area contributed by atoms with Crippen LogP contribution in [0.3, 0.4) is 0 Å². The lowest BCUT2D eigenvalue weighted by Gasteiger charge is -2.72. The van der Waals surface area contributed by atoms with Gasteiger partial charge in [-0.15, -0.1) is 0 Å². The highest BCUT2D eigenvalue weighted by molar-refractivity contribution is 5.26. The predicted octanol–water partition coefficient (Wildman–Crippen LogP) is 4.40. The topological polar surface area (TPSA) is 95.8 Å². The van der Waals surface area contributed by atoms with E-state index in [4.69, 9.17) is 28.4 Å². The van der Waals surface area contributed by atoms with Gasteiger partial charge < -0.3 is 38.6 Å². The Morgan fingerprint density at radius 1 is 1.02 bits per heavy atom. The Bertz CT molecular complexity index is 933. The van der Waals surface area contributed by atoms with Crippen LogP contribution in [0.5, 0.6) is 0 Å². The number of fused-ring (bicyclic) bond motifs is 3. The van der Waals surface area contributed by atoms with Gasteiger partial charge in [0.2, 0.25) is 0 Å². The summed E-state index contributed by atoms with van der Waals surface area (Å²) in [5.74, 6) is -2.35. The number of ether oxygens (including phenoxy) is 6. The SMILES string of the molecule is COCOC1C[C@]2(C)[C@@H](C(O)C(F)(F)F)CC[C@]2(OCOC)C2CC[C@]3(O)C[C@@H](C)C[C@H]4OC(C)(C)OC[C@]43C12. The quantitative estimate of drug-likeness (QED) is 0.428. The van der Waals surface area contributed by atoms with E-state index in [0.717, 1.165) is 6.42 Å². The fourth-order valence-corrected chi connectivity index (χ4v) is 10.1. The van der Waals surface area contributed by atoms with Crippen LogP contribution in [0.2, 0.25) is 0 Å². The molecule has 4 unspecified atom stereocenters. The molecule has 1 spiro atoms. The number of alkyl halides is 3. The summed E-state index contributed by atoms with van der Waals surface area (Å²) in [5.41, 5.74) is -4.09. The van der Waals surface area contributed by atoms with Gasteiger partial charge >= 0.3 is 6.18 Å². The Labute approximate surface area is 235 Å². The molecule has 0 aromatic carbocycles. The first-order valence-corrected chi connectivity index (χ1v) is 14.6. The molecule has 5 rings (SSSR count). The maximum absolute atomic E-state index is 14.0. The lowest BCUT2D eigenvalue weighted by molar-refractivity contribution is -0.406. The number of aliphatic hydroxyl groups excluding tert-OH is 1. The highest BCUT2D eigenvalue weighted by Gasteiger charge is 2.78. The van der Waals surface area contributed by atoms with Crippen molar-refractivity contribution >= 4 is 0 Å². The number of hydrogen-bond acceptors (Lipinski definition) is 8. The van der Waals surface area contributed by atoms with Gasteiger partial charge in [0.15, 0.2) is 11.9 Å². The Balaban J connectivity index is 1.67. The largest absolute Gasteiger partial charge is 0.414 e. The highest BCUT2D eigenvalue weighted by Crippen LogP contribution is 2.73. The van der Waals surface area contributed by atoms with Crippen LogP contribution in [0, 0.1) is 34.5 Å². The molecule has 0 amide bonds. The lowest BCUT2D eigenvalue weighted by Crippen LogP contribution is -2.78. The number of methoxy groups -OCH3 is 2. The van der Waals surface area contributed by atoms with Crippen LogP contribution in [-0.4, -0.2) is 86.1 Å². The second kappa shape index (κ2) is 10.3. The van der Waals surface area contributed by atoms with Crippen LogP contribution in [0.4, 0.5) is 13.2 Å². The van der Waals surface area contributed by atoms with E-state index in [9.17, 15) is 23.4 Å². The number of halogens is 3. The van der Waals surface area contributed by atoms with Crippen molar-refractivity contribution in [3.8, 4) is 0 Å². The van der Waals surface area contributed by atoms with E-state index in [1.54, 1.807) is 0 Å². The average molecular weight is 581 g/mol. The fourth-order valence-electron chi connectivity index (χ4n) is 10.1. The minimum Gasteiger partial charge on any atom is -0.389 e. The molecule has 0 radical (unpaired) electrons. The van der Waals surface area contributed by atoms with Gasteiger partial charge in [-0.3, -0.25) is 0 Å². The summed E-state index contributed by atoms with van der Waals surface area (Å²) in [4.78, 5) is 0. The van der Waals surface area contributed by atoms with Crippen molar-refractivity contribution in [3.63, 3.8) is 0 Å². The lowest BCUT2D eigenvalue weighted by atomic mass is 9.39. The molecule has 8 nitrogen and oxygen atoms in total. The molecule has 2 N–H and O–H groups in total. The third-order valence-electron chi connectivity index (χ3n) is 11.5. The molecule has 1 saturated heterocycles. The molecule has 4 aliphatic carbocycles. The van der Waals surface area contributed by atoms with Crippen LogP contribution in [0.15, 0.2) is 0 Å². The summed E-state index contributed by atoms with van der Waals surface area (Å²) in [6.07, 6.45) is -5.20. The second-order valence-corrected chi connectivity index (χ2v) is 13.9. The molecule has 5 aliphatic rings. The maximum atomic E-state index is 14.0. The highest BCUT2D eigenvalue weighted by atomic mass is 19.4. The summed E-state index contributed by atoms with van der Waals surface area (Å²) in [6.45, 7) is 7.79. The van der Waals surface area contributed by atoms with Crippen LogP contribution in [0.1, 0.15) is 72.6 Å². The van der Waals surface area contributed by atoms with Crippen molar-refractivity contribution in [2.75, 3.05) is 34.4 Å². The molecule has 232 valence electrons. The summed E-state index contributed by atoms with van der Waals surface area (Å²) in [7, 11) is 3.01. The normalized spacial score (nSPS) is 49.0. The zero-order valence-electron chi connectivity index (χ0n) is 24.6. The molecule has 11 atom stereocenters. The minimum absolute atomic E-state index is 0.0504. The smallest absolute Gasteiger partial charge is 0.389 e. The Hall–Kier alpha value is -0.530. The van der Waals surface area contributed by atoms with Crippen molar-refractivity contribution in [3.05, 3.63) is 0 Å². The van der Waals surface area contributed by atoms with Gasteiger partial charge in [0.1, 0.15) is 13.6 Å². The molecule has 4 saturated carbocycles. The Kier molecular flexibility index (Phi) is 7.95. The average Bonchev–Trinajstić information content (AvgIpc) is 3.15. The molecule has 40 heavy (non-hydrogen) atoms. The Morgan fingerprint density at radius 2 is 1.73 bits per heavy atom. The predicted molar refractivity (Wildman–Crippen MR) is 137 cm³/mol. The summed E-state index contributed by atoms with van der Waals surface area (Å²) >= 11 is 0. The first-order chi connectivity index (χ1) is 18.6. The van der Waals surface area contributed by atoms with Crippen molar-refractivity contribution in [2.24, 2.45) is 34.5 Å². The van der Waals surface area contributed by atoms with E-state index < -0.39 is 52.1 Å². The van der Waals surface area contributed by atoms with Crippen LogP contribution in [0.25, 0.3) is 0 Å². The molecule has 5 fully saturated rings. The van der Waals surface area contributed by atoms with Gasteiger partial charge in [0.25, 0.3) is 0 Å². The Morgan fingerprint density at radius 3 is 2.38 bits per heavy atom. The number of rotatable bonds is 7. The molecule has 0 aromatic rings. The third kappa shape index (κ3) is 4.40. The fraction of sp³-hybridized carbons (Fsp3) is 1.00. The molecule has 0 aromatic heterocycles. The van der Waals surface area contributed by atoms with Crippen molar-refractivity contribution in [2.45, 2.75) is 114 Å². The van der Waals surface area contributed by atoms with Gasteiger partial charge in [-0.2, -0.15) is 13.2 Å². The van der Waals surface area contributed by atoms with Crippen molar-refractivity contribution in [1.29, 1.82) is 0 Å². The van der Waals surface area contributed by atoms with Crippen LogP contribution >= 0.6 is 0 Å². The van der Waals surface area contributed by atoms with Gasteiger partial charge in [-0.1, -0.05) is 13.8 Å². The molecule has 0 bridgehead atoms. The molecule has 11 heteroatoms. The summed E-state index contributed by atoms with van der Waals surface area (Å²) < 4.78 is 78.5. The maximum Gasteiger partial charge on any atom is 0.414 e. The van der Waals surface area contributed by atoms with Crippen LogP contribution < -0.4 is 0 Å². The summed E-state index contributed by atoms with van der Waals surface area (Å²) in [5, 5.41) is 23.1. The molecule has 1 aliphatic heterocycles. The molecule has 1 heterocycles. The minimum atomic E-state index is -4.77. The first kappa shape index (κ1) is 30.9. The van der Waals surface area contributed by atoms with Crippen molar-refractivity contribution < 1.29 is 51.8 Å². The van der Waals surface area contributed by atoms with E-state index in [2.05, 4.69) is 6.92 Å². The standard InChI is InChI=1S/C29H47F3O8/c1-17-11-21-27(14-38-24(2,3)40-21)22-18(7-9-26(27,34)12-17)28(39-16-36-6)10-8-19(23(33)29(30,31)32)25(28,4)13-20(22)37-15-35-5/h17-23,33-34H,7-16H2,1-6H3/t17-,18?,19+,20?,21+,22?,23?,25+,26-,27+,28-/m0/s1. The molecular formula is C29H47F3O8. The van der Waals surface area contributed by atoms with E-state index in [0.29, 0.717) is 25.7 Å². The summed E-state index contributed by atoms with van der Waals surface area (Å²) in [6, 6.07) is 0. The van der Waals surface area contributed by atoms with Gasteiger partial charge in [-0.05, 0) is 70.6 Å². The zero-order chi connectivity index (χ0) is 29.4. The number of hydrogen-bond donors (Lipinski definition) is 2. The second-order valence-electron chi connectivity index (χ2n) is 13.9. The van der Waals surface area contributed by atoms with Gasteiger partial charge in [0, 0.05) is 31.5 Å². The van der Waals surface area contributed by atoms with E-state index in [1.807, 2.05) is 20.8 Å². The first-order valence-electron chi connectivity index (χ1n) is 14.6. The monoisotopic (exact) mass is 580 g/mol. The van der Waals surface area contributed by atoms with E-state index in [-0.39, 0.29) is 56.9 Å². The number of aliphatic hydroxyl groups is 2.